The van der Waals surface area contributed by atoms with Crippen LogP contribution in [0, 0.1) is 6.92 Å². The standard InChI is InChI=1S/C27H22ClN3O3S/c1-15-7-12-20-21(13-15)35-27(29-20)31-23(16-8-10-19(11-9-16)30(2)3)22(25(33)26(31)34)24(32)17-5-4-6-18(28)14-17/h4-14,23,32H,1-3H3/b24-22+. The molecule has 3 aromatic carbocycles. The molecule has 0 saturated carbocycles. The number of carbonyl (C=O) groups is 2. The first-order chi connectivity index (χ1) is 16.7. The molecule has 1 unspecified atom stereocenters. The van der Waals surface area contributed by atoms with Gasteiger partial charge in [-0.25, -0.2) is 4.98 Å². The number of nitrogens with zero attached hydrogens (tertiary/aromatic N) is 3. The Labute approximate surface area is 211 Å². The highest BCUT2D eigenvalue weighted by atomic mass is 35.5. The molecule has 4 aromatic rings. The largest absolute Gasteiger partial charge is 0.507 e. The van der Waals surface area contributed by atoms with Crippen molar-refractivity contribution in [2.45, 2.75) is 13.0 Å². The summed E-state index contributed by atoms with van der Waals surface area (Å²) in [5.74, 6) is -1.77. The van der Waals surface area contributed by atoms with E-state index in [1.807, 2.05) is 68.4 Å². The van der Waals surface area contributed by atoms with E-state index >= 15 is 0 Å². The maximum Gasteiger partial charge on any atom is 0.301 e. The molecule has 176 valence electrons. The molecule has 2 heterocycles. The Balaban J connectivity index is 1.72. The number of anilines is 2. The molecule has 1 fully saturated rings. The van der Waals surface area contributed by atoms with Crippen LogP contribution < -0.4 is 9.80 Å². The van der Waals surface area contributed by atoms with Crippen LogP contribution in [0.5, 0.6) is 0 Å². The number of halogens is 1. The summed E-state index contributed by atoms with van der Waals surface area (Å²) in [4.78, 5) is 34.7. The van der Waals surface area contributed by atoms with Crippen molar-refractivity contribution in [3.8, 4) is 0 Å². The van der Waals surface area contributed by atoms with Crippen LogP contribution in [0.25, 0.3) is 16.0 Å². The van der Waals surface area contributed by atoms with E-state index in [0.717, 1.165) is 21.5 Å². The maximum absolute atomic E-state index is 13.4. The number of rotatable bonds is 4. The normalized spacial score (nSPS) is 17.4. The third-order valence-electron chi connectivity index (χ3n) is 6.01. The van der Waals surface area contributed by atoms with Crippen LogP contribution in [0.1, 0.15) is 22.7 Å². The number of benzene rings is 3. The van der Waals surface area contributed by atoms with E-state index in [9.17, 15) is 14.7 Å². The fraction of sp³-hybridized carbons (Fsp3) is 0.148. The van der Waals surface area contributed by atoms with Crippen LogP contribution in [-0.4, -0.2) is 35.9 Å². The Bertz CT molecular complexity index is 1510. The van der Waals surface area contributed by atoms with Gasteiger partial charge in [0.25, 0.3) is 5.78 Å². The number of thiazole rings is 1. The highest BCUT2D eigenvalue weighted by Gasteiger charge is 2.48. The van der Waals surface area contributed by atoms with E-state index in [1.165, 1.54) is 16.2 Å². The van der Waals surface area contributed by atoms with Gasteiger partial charge in [0.15, 0.2) is 5.13 Å². The Morgan fingerprint density at radius 3 is 2.49 bits per heavy atom. The number of aryl methyl sites for hydroxylation is 1. The summed E-state index contributed by atoms with van der Waals surface area (Å²) in [5.41, 5.74) is 3.85. The van der Waals surface area contributed by atoms with Gasteiger partial charge < -0.3 is 10.0 Å². The van der Waals surface area contributed by atoms with Gasteiger partial charge in [-0.2, -0.15) is 0 Å². The van der Waals surface area contributed by atoms with E-state index in [2.05, 4.69) is 4.98 Å². The second-order valence-corrected chi connectivity index (χ2v) is 10.1. The van der Waals surface area contributed by atoms with Crippen molar-refractivity contribution in [2.75, 3.05) is 23.9 Å². The van der Waals surface area contributed by atoms with Gasteiger partial charge in [0.05, 0.1) is 21.8 Å². The highest BCUT2D eigenvalue weighted by Crippen LogP contribution is 2.44. The summed E-state index contributed by atoms with van der Waals surface area (Å²) < 4.78 is 0.915. The Hall–Kier alpha value is -3.68. The quantitative estimate of drug-likeness (QED) is 0.211. The van der Waals surface area contributed by atoms with Gasteiger partial charge in [0, 0.05) is 30.4 Å². The van der Waals surface area contributed by atoms with Gasteiger partial charge in [0.2, 0.25) is 0 Å². The first-order valence-corrected chi connectivity index (χ1v) is 12.2. The van der Waals surface area contributed by atoms with E-state index < -0.39 is 17.7 Å². The van der Waals surface area contributed by atoms with Crippen LogP contribution >= 0.6 is 22.9 Å². The molecule has 1 saturated heterocycles. The predicted molar refractivity (Wildman–Crippen MR) is 141 cm³/mol. The lowest BCUT2D eigenvalue weighted by molar-refractivity contribution is -0.132. The zero-order valence-corrected chi connectivity index (χ0v) is 20.9. The molecule has 0 spiro atoms. The number of hydrogen-bond donors (Lipinski definition) is 1. The van der Waals surface area contributed by atoms with Crippen LogP contribution in [-0.2, 0) is 9.59 Å². The van der Waals surface area contributed by atoms with E-state index in [4.69, 9.17) is 11.6 Å². The number of hydrogen-bond acceptors (Lipinski definition) is 6. The van der Waals surface area contributed by atoms with Gasteiger partial charge in [-0.3, -0.25) is 14.5 Å². The fourth-order valence-corrected chi connectivity index (χ4v) is 5.49. The lowest BCUT2D eigenvalue weighted by atomic mass is 9.95. The number of amides is 1. The fourth-order valence-electron chi connectivity index (χ4n) is 4.21. The molecule has 1 aliphatic heterocycles. The first-order valence-electron chi connectivity index (χ1n) is 11.0. The van der Waals surface area contributed by atoms with Crippen LogP contribution in [0.15, 0.2) is 72.3 Å². The summed E-state index contributed by atoms with van der Waals surface area (Å²) in [6.07, 6.45) is 0. The second-order valence-electron chi connectivity index (χ2n) is 8.63. The molecule has 35 heavy (non-hydrogen) atoms. The van der Waals surface area contributed by atoms with Crippen LogP contribution in [0.2, 0.25) is 5.02 Å². The van der Waals surface area contributed by atoms with Gasteiger partial charge >= 0.3 is 5.91 Å². The van der Waals surface area contributed by atoms with Crippen LogP contribution in [0.4, 0.5) is 10.8 Å². The number of fused-ring (bicyclic) bond motifs is 1. The number of carbonyl (C=O) groups excluding carboxylic acids is 2. The zero-order valence-electron chi connectivity index (χ0n) is 19.3. The summed E-state index contributed by atoms with van der Waals surface area (Å²) in [5, 5.41) is 12.1. The minimum atomic E-state index is -0.841. The monoisotopic (exact) mass is 503 g/mol. The molecular weight excluding hydrogens is 482 g/mol. The molecule has 5 rings (SSSR count). The van der Waals surface area contributed by atoms with Crippen molar-refractivity contribution in [3.63, 3.8) is 0 Å². The number of aromatic nitrogens is 1. The van der Waals surface area contributed by atoms with Gasteiger partial charge in [0.1, 0.15) is 5.76 Å². The van der Waals surface area contributed by atoms with Gasteiger partial charge in [-0.05, 0) is 54.4 Å². The SMILES string of the molecule is Cc1ccc2nc(N3C(=O)C(=O)/C(=C(/O)c4cccc(Cl)c4)C3c3ccc(N(C)C)cc3)sc2c1. The maximum atomic E-state index is 13.4. The molecule has 1 atom stereocenters. The molecular formula is C27H22ClN3O3S. The average Bonchev–Trinajstić information content (AvgIpc) is 3.36. The third kappa shape index (κ3) is 4.07. The second kappa shape index (κ2) is 8.83. The van der Waals surface area contributed by atoms with Gasteiger partial charge in [-0.15, -0.1) is 0 Å². The lowest BCUT2D eigenvalue weighted by Gasteiger charge is -2.23. The van der Waals surface area contributed by atoms with Crippen molar-refractivity contribution in [1.82, 2.24) is 4.98 Å². The van der Waals surface area contributed by atoms with Crippen LogP contribution in [0.3, 0.4) is 0 Å². The number of aliphatic hydroxyl groups is 1. The molecule has 0 bridgehead atoms. The molecule has 6 nitrogen and oxygen atoms in total. The third-order valence-corrected chi connectivity index (χ3v) is 7.26. The lowest BCUT2D eigenvalue weighted by Crippen LogP contribution is -2.29. The number of aliphatic hydroxyl groups excluding tert-OH is 1. The van der Waals surface area contributed by atoms with E-state index in [-0.39, 0.29) is 11.3 Å². The topological polar surface area (TPSA) is 73.7 Å². The Kier molecular flexibility index (Phi) is 5.83. The van der Waals surface area contributed by atoms with Crippen molar-refractivity contribution < 1.29 is 14.7 Å². The highest BCUT2D eigenvalue weighted by molar-refractivity contribution is 7.22. The number of ketones is 1. The smallest absolute Gasteiger partial charge is 0.301 e. The minimum absolute atomic E-state index is 0.00491. The summed E-state index contributed by atoms with van der Waals surface area (Å²) in [6, 6.07) is 19.1. The molecule has 1 amide bonds. The Morgan fingerprint density at radius 2 is 1.80 bits per heavy atom. The minimum Gasteiger partial charge on any atom is -0.507 e. The van der Waals surface area contributed by atoms with E-state index in [1.54, 1.807) is 24.3 Å². The van der Waals surface area contributed by atoms with Crippen molar-refractivity contribution in [2.24, 2.45) is 0 Å². The molecule has 0 radical (unpaired) electrons. The summed E-state index contributed by atoms with van der Waals surface area (Å²) >= 11 is 7.48. The predicted octanol–water partition coefficient (Wildman–Crippen LogP) is 5.95. The molecule has 0 aliphatic carbocycles. The van der Waals surface area contributed by atoms with Crippen molar-refractivity contribution >= 4 is 61.4 Å². The average molecular weight is 504 g/mol. The van der Waals surface area contributed by atoms with Gasteiger partial charge in [-0.1, -0.05) is 53.3 Å². The van der Waals surface area contributed by atoms with E-state index in [0.29, 0.717) is 21.3 Å². The summed E-state index contributed by atoms with van der Waals surface area (Å²) in [6.45, 7) is 1.99. The zero-order chi connectivity index (χ0) is 24.9. The molecule has 8 heteroatoms. The molecule has 1 aromatic heterocycles. The number of Topliss-reactive ketones (excluding diaryl/α,β-unsaturated/α-hetero) is 1. The van der Waals surface area contributed by atoms with Crippen molar-refractivity contribution in [1.29, 1.82) is 0 Å². The summed E-state index contributed by atoms with van der Waals surface area (Å²) in [7, 11) is 3.87. The van der Waals surface area contributed by atoms with Crippen molar-refractivity contribution in [3.05, 3.63) is 94.0 Å². The molecule has 1 N–H and O–H groups in total. The first kappa shape index (κ1) is 23.1. The Morgan fingerprint density at radius 1 is 1.06 bits per heavy atom. The molecule has 1 aliphatic rings.